The van der Waals surface area contributed by atoms with E-state index in [0.717, 1.165) is 30.8 Å². The number of aryl methyl sites for hydroxylation is 3. The Labute approximate surface area is 149 Å². The molecule has 0 unspecified atom stereocenters. The zero-order valence-corrected chi connectivity index (χ0v) is 15.6. The molecule has 1 aliphatic heterocycles. The van der Waals surface area contributed by atoms with E-state index < -0.39 is 0 Å². The molecule has 1 N–H and O–H groups in total. The summed E-state index contributed by atoms with van der Waals surface area (Å²) in [6, 6.07) is 4.36. The van der Waals surface area contributed by atoms with Crippen LogP contribution in [0.3, 0.4) is 0 Å². The normalized spacial score (nSPS) is 21.4. The van der Waals surface area contributed by atoms with Crippen LogP contribution in [0, 0.1) is 19.8 Å². The fraction of sp³-hybridized carbons (Fsp3) is 0.611. The van der Waals surface area contributed by atoms with Gasteiger partial charge in [-0.1, -0.05) is 0 Å². The first-order valence-corrected chi connectivity index (χ1v) is 8.91. The summed E-state index contributed by atoms with van der Waals surface area (Å²) in [6.07, 6.45) is 4.11. The molecular weight excluding hydrogens is 316 g/mol. The summed E-state index contributed by atoms with van der Waals surface area (Å²) in [5.41, 5.74) is 3.16. The summed E-state index contributed by atoms with van der Waals surface area (Å²) in [4.78, 5) is 14.7. The Balaban J connectivity index is 1.63. The highest BCUT2D eigenvalue weighted by molar-refractivity contribution is 5.75. The van der Waals surface area contributed by atoms with Gasteiger partial charge in [0.15, 0.2) is 0 Å². The van der Waals surface area contributed by atoms with E-state index in [1.54, 1.807) is 4.68 Å². The van der Waals surface area contributed by atoms with E-state index in [2.05, 4.69) is 33.5 Å². The van der Waals surface area contributed by atoms with Gasteiger partial charge in [-0.25, -0.2) is 0 Å². The maximum atomic E-state index is 12.4. The fourth-order valence-electron chi connectivity index (χ4n) is 3.89. The third-order valence-electron chi connectivity index (χ3n) is 5.13. The molecule has 1 fully saturated rings. The summed E-state index contributed by atoms with van der Waals surface area (Å²) in [5, 5.41) is 11.8. The Morgan fingerprint density at radius 3 is 2.80 bits per heavy atom. The molecule has 2 aromatic heterocycles. The quantitative estimate of drug-likeness (QED) is 0.891. The summed E-state index contributed by atoms with van der Waals surface area (Å²) >= 11 is 0. The van der Waals surface area contributed by atoms with Crippen LogP contribution in [-0.2, 0) is 18.4 Å². The monoisotopic (exact) mass is 344 g/mol. The molecule has 2 atom stereocenters. The molecule has 0 bridgehead atoms. The van der Waals surface area contributed by atoms with Crippen LogP contribution in [0.1, 0.15) is 36.0 Å². The number of hydrogen-bond donors (Lipinski definition) is 1. The number of carbonyl (C=O) groups excluding carboxylic acids is 1. The van der Waals surface area contributed by atoms with E-state index in [9.17, 15) is 4.79 Å². The average Bonchev–Trinajstić information content (AvgIpc) is 3.11. The van der Waals surface area contributed by atoms with Gasteiger partial charge in [0, 0.05) is 25.5 Å². The van der Waals surface area contributed by atoms with Gasteiger partial charge in [0.25, 0.3) is 0 Å². The number of nitrogens with zero attached hydrogens (tertiary/aromatic N) is 5. The molecule has 136 valence electrons. The summed E-state index contributed by atoms with van der Waals surface area (Å²) in [6.45, 7) is 5.95. The van der Waals surface area contributed by atoms with Crippen LogP contribution in [0.2, 0.25) is 0 Å². The van der Waals surface area contributed by atoms with Gasteiger partial charge < -0.3 is 5.32 Å². The number of likely N-dealkylation sites (tertiary alicyclic amines) is 1. The van der Waals surface area contributed by atoms with Crippen LogP contribution in [-0.4, -0.2) is 50.5 Å². The molecule has 7 nitrogen and oxygen atoms in total. The van der Waals surface area contributed by atoms with Crippen molar-refractivity contribution in [1.82, 2.24) is 29.8 Å². The van der Waals surface area contributed by atoms with Crippen LogP contribution in [0.15, 0.2) is 18.3 Å². The molecule has 3 heterocycles. The predicted octanol–water partition coefficient (Wildman–Crippen LogP) is 1.43. The zero-order valence-electron chi connectivity index (χ0n) is 15.6. The first-order valence-electron chi connectivity index (χ1n) is 8.91. The summed E-state index contributed by atoms with van der Waals surface area (Å²) in [7, 11) is 4.14. The molecule has 2 aromatic rings. The van der Waals surface area contributed by atoms with Crippen molar-refractivity contribution in [3.8, 4) is 0 Å². The lowest BCUT2D eigenvalue weighted by Gasteiger charge is -2.39. The van der Waals surface area contributed by atoms with Crippen LogP contribution in [0.25, 0.3) is 0 Å². The lowest BCUT2D eigenvalue weighted by atomic mass is 9.87. The molecule has 3 rings (SSSR count). The van der Waals surface area contributed by atoms with Gasteiger partial charge in [0.2, 0.25) is 5.91 Å². The van der Waals surface area contributed by atoms with Gasteiger partial charge in [0.1, 0.15) is 6.54 Å². The lowest BCUT2D eigenvalue weighted by Crippen LogP contribution is -2.43. The highest BCUT2D eigenvalue weighted by atomic mass is 16.2. The standard InChI is InChI=1S/C18H28N6O/c1-13-10-14(2)24(21-13)12-17(25)19-11-15-6-5-9-22(3)18(15)16-7-8-20-23(16)4/h7-8,10,15,18H,5-6,9,11-12H2,1-4H3,(H,19,25)/t15-,18+/m0/s1. The van der Waals surface area contributed by atoms with Crippen molar-refractivity contribution in [2.24, 2.45) is 13.0 Å². The van der Waals surface area contributed by atoms with E-state index in [0.29, 0.717) is 12.5 Å². The van der Waals surface area contributed by atoms with Crippen molar-refractivity contribution in [2.75, 3.05) is 20.1 Å². The van der Waals surface area contributed by atoms with Gasteiger partial charge in [-0.2, -0.15) is 10.2 Å². The second-order valence-electron chi connectivity index (χ2n) is 7.10. The number of amides is 1. The minimum atomic E-state index is 0.0168. The Kier molecular flexibility index (Phi) is 5.22. The molecule has 0 radical (unpaired) electrons. The van der Waals surface area contributed by atoms with E-state index in [1.807, 2.05) is 37.8 Å². The molecule has 1 saturated heterocycles. The van der Waals surface area contributed by atoms with Crippen molar-refractivity contribution in [1.29, 1.82) is 0 Å². The molecule has 1 aliphatic rings. The smallest absolute Gasteiger partial charge is 0.241 e. The highest BCUT2D eigenvalue weighted by Gasteiger charge is 2.32. The number of aromatic nitrogens is 4. The highest BCUT2D eigenvalue weighted by Crippen LogP contribution is 2.34. The largest absolute Gasteiger partial charge is 0.354 e. The Morgan fingerprint density at radius 1 is 1.36 bits per heavy atom. The van der Waals surface area contributed by atoms with Crippen LogP contribution < -0.4 is 5.32 Å². The second kappa shape index (κ2) is 7.39. The van der Waals surface area contributed by atoms with Gasteiger partial charge in [-0.15, -0.1) is 0 Å². The lowest BCUT2D eigenvalue weighted by molar-refractivity contribution is -0.122. The Bertz CT molecular complexity index is 734. The molecule has 0 saturated carbocycles. The molecule has 0 spiro atoms. The van der Waals surface area contributed by atoms with Gasteiger partial charge >= 0.3 is 0 Å². The fourth-order valence-corrected chi connectivity index (χ4v) is 3.89. The zero-order chi connectivity index (χ0) is 18.0. The number of rotatable bonds is 5. The molecule has 7 heteroatoms. The number of carbonyl (C=O) groups is 1. The minimum Gasteiger partial charge on any atom is -0.354 e. The minimum absolute atomic E-state index is 0.0168. The second-order valence-corrected chi connectivity index (χ2v) is 7.10. The summed E-state index contributed by atoms with van der Waals surface area (Å²) in [5.74, 6) is 0.404. The van der Waals surface area contributed by atoms with Gasteiger partial charge in [-0.05, 0) is 58.3 Å². The molecule has 0 aromatic carbocycles. The van der Waals surface area contributed by atoms with E-state index in [1.165, 1.54) is 5.69 Å². The maximum Gasteiger partial charge on any atom is 0.241 e. The Hall–Kier alpha value is -2.15. The third-order valence-corrected chi connectivity index (χ3v) is 5.13. The van der Waals surface area contributed by atoms with Crippen LogP contribution >= 0.6 is 0 Å². The van der Waals surface area contributed by atoms with E-state index in [4.69, 9.17) is 0 Å². The molecular formula is C18H28N6O. The van der Waals surface area contributed by atoms with Crippen molar-refractivity contribution in [3.05, 3.63) is 35.4 Å². The Morgan fingerprint density at radius 2 is 2.16 bits per heavy atom. The number of hydrogen-bond acceptors (Lipinski definition) is 4. The van der Waals surface area contributed by atoms with E-state index >= 15 is 0 Å². The first kappa shape index (κ1) is 17.7. The van der Waals surface area contributed by atoms with Crippen LogP contribution in [0.4, 0.5) is 0 Å². The molecule has 0 aliphatic carbocycles. The van der Waals surface area contributed by atoms with Crippen molar-refractivity contribution < 1.29 is 4.79 Å². The number of piperidine rings is 1. The van der Waals surface area contributed by atoms with Crippen molar-refractivity contribution in [2.45, 2.75) is 39.3 Å². The molecule has 25 heavy (non-hydrogen) atoms. The summed E-state index contributed by atoms with van der Waals surface area (Å²) < 4.78 is 3.70. The maximum absolute atomic E-state index is 12.4. The van der Waals surface area contributed by atoms with Crippen molar-refractivity contribution >= 4 is 5.91 Å². The molecule has 1 amide bonds. The van der Waals surface area contributed by atoms with Gasteiger partial charge in [-0.3, -0.25) is 19.1 Å². The topological polar surface area (TPSA) is 68.0 Å². The van der Waals surface area contributed by atoms with Crippen molar-refractivity contribution in [3.63, 3.8) is 0 Å². The van der Waals surface area contributed by atoms with E-state index in [-0.39, 0.29) is 18.5 Å². The van der Waals surface area contributed by atoms with Gasteiger partial charge in [0.05, 0.1) is 17.4 Å². The van der Waals surface area contributed by atoms with Crippen LogP contribution in [0.5, 0.6) is 0 Å². The number of nitrogens with one attached hydrogen (secondary N) is 1. The first-order chi connectivity index (χ1) is 12.0. The SMILES string of the molecule is Cc1cc(C)n(CC(=O)NC[C@@H]2CCCN(C)[C@H]2c2ccnn2C)n1. The predicted molar refractivity (Wildman–Crippen MR) is 96.0 cm³/mol. The average molecular weight is 344 g/mol. The third kappa shape index (κ3) is 3.92.